The van der Waals surface area contributed by atoms with Gasteiger partial charge in [-0.3, -0.25) is 4.79 Å². The van der Waals surface area contributed by atoms with Gasteiger partial charge in [0.1, 0.15) is 0 Å². The van der Waals surface area contributed by atoms with Crippen LogP contribution in [-0.2, 0) is 11.2 Å². The first kappa shape index (κ1) is 14.5. The monoisotopic (exact) mass is 245 g/mol. The number of hydrogen-bond acceptors (Lipinski definition) is 1. The number of amides is 1. The minimum absolute atomic E-state index is 0.0392. The average molecular weight is 245 g/mol. The van der Waals surface area contributed by atoms with Crippen molar-refractivity contribution in [3.8, 4) is 0 Å². The summed E-state index contributed by atoms with van der Waals surface area (Å²) in [4.78, 5) is 12.1. The highest BCUT2D eigenvalue weighted by atomic mass is 16.1. The number of carbonyl (C=O) groups excluding carboxylic acids is 1. The Balaban J connectivity index is 2.72. The highest BCUT2D eigenvalue weighted by Crippen LogP contribution is 2.20. The van der Waals surface area contributed by atoms with Crippen molar-refractivity contribution in [3.05, 3.63) is 48.6 Å². The molecule has 0 aromatic heterocycles. The molecule has 0 heterocycles. The van der Waals surface area contributed by atoms with Crippen LogP contribution < -0.4 is 5.32 Å². The van der Waals surface area contributed by atoms with Gasteiger partial charge in [-0.15, -0.1) is 6.58 Å². The van der Waals surface area contributed by atoms with Gasteiger partial charge in [-0.2, -0.15) is 0 Å². The number of benzene rings is 1. The van der Waals surface area contributed by atoms with E-state index >= 15 is 0 Å². The molecule has 0 fully saturated rings. The Kier molecular flexibility index (Phi) is 6.20. The van der Waals surface area contributed by atoms with E-state index in [9.17, 15) is 4.79 Å². The first-order valence-corrected chi connectivity index (χ1v) is 6.61. The lowest BCUT2D eigenvalue weighted by molar-refractivity contribution is -0.126. The SMILES string of the molecule is C=CCNC(=O)C(Cc1ccccc1)C(C)CC. The van der Waals surface area contributed by atoms with Gasteiger partial charge < -0.3 is 5.32 Å². The Morgan fingerprint density at radius 1 is 1.39 bits per heavy atom. The Labute approximate surface area is 110 Å². The molecule has 2 nitrogen and oxygen atoms in total. The van der Waals surface area contributed by atoms with E-state index < -0.39 is 0 Å². The van der Waals surface area contributed by atoms with E-state index in [-0.39, 0.29) is 11.8 Å². The molecule has 2 heteroatoms. The molecule has 0 radical (unpaired) electrons. The molecule has 0 saturated carbocycles. The van der Waals surface area contributed by atoms with Gasteiger partial charge >= 0.3 is 0 Å². The van der Waals surface area contributed by atoms with Gasteiger partial charge in [0.2, 0.25) is 5.91 Å². The third-order valence-corrected chi connectivity index (χ3v) is 3.39. The molecule has 1 aromatic carbocycles. The van der Waals surface area contributed by atoms with E-state index in [2.05, 4.69) is 37.9 Å². The first-order valence-electron chi connectivity index (χ1n) is 6.61. The van der Waals surface area contributed by atoms with Crippen LogP contribution in [0.5, 0.6) is 0 Å². The molecule has 18 heavy (non-hydrogen) atoms. The Morgan fingerprint density at radius 3 is 2.61 bits per heavy atom. The minimum atomic E-state index is 0.0392. The number of carbonyl (C=O) groups is 1. The van der Waals surface area contributed by atoms with E-state index in [1.165, 1.54) is 5.56 Å². The van der Waals surface area contributed by atoms with Crippen molar-refractivity contribution in [2.24, 2.45) is 11.8 Å². The summed E-state index contributed by atoms with van der Waals surface area (Å²) in [6.07, 6.45) is 3.53. The van der Waals surface area contributed by atoms with Crippen molar-refractivity contribution in [1.29, 1.82) is 0 Å². The van der Waals surface area contributed by atoms with Crippen molar-refractivity contribution in [2.45, 2.75) is 26.7 Å². The lowest BCUT2D eigenvalue weighted by Crippen LogP contribution is -2.35. The highest BCUT2D eigenvalue weighted by molar-refractivity contribution is 5.79. The Morgan fingerprint density at radius 2 is 2.06 bits per heavy atom. The van der Waals surface area contributed by atoms with E-state index in [1.54, 1.807) is 6.08 Å². The summed E-state index contributed by atoms with van der Waals surface area (Å²) in [6, 6.07) is 10.2. The molecule has 0 aliphatic rings. The van der Waals surface area contributed by atoms with Crippen molar-refractivity contribution >= 4 is 5.91 Å². The third-order valence-electron chi connectivity index (χ3n) is 3.39. The van der Waals surface area contributed by atoms with Gasteiger partial charge in [0.15, 0.2) is 0 Å². The number of hydrogen-bond donors (Lipinski definition) is 1. The maximum atomic E-state index is 12.1. The molecule has 2 atom stereocenters. The van der Waals surface area contributed by atoms with Crippen LogP contribution >= 0.6 is 0 Å². The Hall–Kier alpha value is -1.57. The van der Waals surface area contributed by atoms with E-state index in [4.69, 9.17) is 0 Å². The van der Waals surface area contributed by atoms with E-state index in [1.807, 2.05) is 18.2 Å². The molecular formula is C16H23NO. The second-order valence-electron chi connectivity index (χ2n) is 4.72. The summed E-state index contributed by atoms with van der Waals surface area (Å²) in [6.45, 7) is 8.44. The van der Waals surface area contributed by atoms with E-state index in [0.29, 0.717) is 12.5 Å². The molecule has 1 N–H and O–H groups in total. The van der Waals surface area contributed by atoms with Crippen LogP contribution in [0.4, 0.5) is 0 Å². The summed E-state index contributed by atoms with van der Waals surface area (Å²) in [7, 11) is 0. The van der Waals surface area contributed by atoms with Crippen molar-refractivity contribution in [2.75, 3.05) is 6.54 Å². The first-order chi connectivity index (χ1) is 8.69. The second kappa shape index (κ2) is 7.70. The standard InChI is InChI=1S/C16H23NO/c1-4-11-17-16(18)15(13(3)5-2)12-14-9-7-6-8-10-14/h4,6-10,13,15H,1,5,11-12H2,2-3H3,(H,17,18). The topological polar surface area (TPSA) is 29.1 Å². The molecule has 1 rings (SSSR count). The zero-order valence-electron chi connectivity index (χ0n) is 11.4. The quantitative estimate of drug-likeness (QED) is 0.734. The zero-order valence-corrected chi connectivity index (χ0v) is 11.4. The maximum absolute atomic E-state index is 12.1. The van der Waals surface area contributed by atoms with Gasteiger partial charge in [0.25, 0.3) is 0 Å². The lowest BCUT2D eigenvalue weighted by Gasteiger charge is -2.22. The molecule has 0 aliphatic heterocycles. The van der Waals surface area contributed by atoms with Gasteiger partial charge in [0, 0.05) is 12.5 Å². The zero-order chi connectivity index (χ0) is 13.4. The maximum Gasteiger partial charge on any atom is 0.223 e. The van der Waals surface area contributed by atoms with Crippen LogP contribution in [-0.4, -0.2) is 12.5 Å². The van der Waals surface area contributed by atoms with Crippen molar-refractivity contribution in [1.82, 2.24) is 5.32 Å². The molecule has 0 bridgehead atoms. The Bertz CT molecular complexity index is 372. The predicted molar refractivity (Wildman–Crippen MR) is 76.3 cm³/mol. The lowest BCUT2D eigenvalue weighted by atomic mass is 9.85. The van der Waals surface area contributed by atoms with Crippen LogP contribution in [0.25, 0.3) is 0 Å². The molecule has 0 aliphatic carbocycles. The van der Waals surface area contributed by atoms with Crippen LogP contribution in [0.15, 0.2) is 43.0 Å². The fourth-order valence-electron chi connectivity index (χ4n) is 2.01. The second-order valence-corrected chi connectivity index (χ2v) is 4.72. The van der Waals surface area contributed by atoms with Crippen LogP contribution in [0.2, 0.25) is 0 Å². The summed E-state index contributed by atoms with van der Waals surface area (Å²) < 4.78 is 0. The highest BCUT2D eigenvalue weighted by Gasteiger charge is 2.23. The predicted octanol–water partition coefficient (Wildman–Crippen LogP) is 3.19. The third kappa shape index (κ3) is 4.36. The average Bonchev–Trinajstić information content (AvgIpc) is 2.42. The molecule has 0 spiro atoms. The summed E-state index contributed by atoms with van der Waals surface area (Å²) in [5.41, 5.74) is 1.22. The van der Waals surface area contributed by atoms with E-state index in [0.717, 1.165) is 12.8 Å². The number of nitrogens with one attached hydrogen (secondary N) is 1. The fraction of sp³-hybridized carbons (Fsp3) is 0.438. The van der Waals surface area contributed by atoms with Crippen LogP contribution in [0.3, 0.4) is 0 Å². The summed E-state index contributed by atoms with van der Waals surface area (Å²) in [5, 5.41) is 2.91. The van der Waals surface area contributed by atoms with Crippen LogP contribution in [0.1, 0.15) is 25.8 Å². The smallest absolute Gasteiger partial charge is 0.223 e. The molecular weight excluding hydrogens is 222 g/mol. The molecule has 2 unspecified atom stereocenters. The van der Waals surface area contributed by atoms with Crippen molar-refractivity contribution in [3.63, 3.8) is 0 Å². The van der Waals surface area contributed by atoms with Gasteiger partial charge in [-0.1, -0.05) is 56.7 Å². The fourth-order valence-corrected chi connectivity index (χ4v) is 2.01. The molecule has 0 saturated heterocycles. The summed E-state index contributed by atoms with van der Waals surface area (Å²) in [5.74, 6) is 0.556. The van der Waals surface area contributed by atoms with Gasteiger partial charge in [-0.05, 0) is 17.9 Å². The number of rotatable bonds is 7. The molecule has 98 valence electrons. The summed E-state index contributed by atoms with van der Waals surface area (Å²) >= 11 is 0. The van der Waals surface area contributed by atoms with Gasteiger partial charge in [-0.25, -0.2) is 0 Å². The molecule has 1 aromatic rings. The molecule has 1 amide bonds. The minimum Gasteiger partial charge on any atom is -0.352 e. The largest absolute Gasteiger partial charge is 0.352 e. The normalized spacial score (nSPS) is 13.7. The van der Waals surface area contributed by atoms with Crippen LogP contribution in [0, 0.1) is 11.8 Å². The van der Waals surface area contributed by atoms with Crippen molar-refractivity contribution < 1.29 is 4.79 Å². The van der Waals surface area contributed by atoms with Gasteiger partial charge in [0.05, 0.1) is 0 Å².